The first-order valence-electron chi connectivity index (χ1n) is 7.18. The monoisotopic (exact) mass is 290 g/mol. The number of carbonyl (C=O) groups excluding carboxylic acids is 1. The summed E-state index contributed by atoms with van der Waals surface area (Å²) in [5.74, 6) is 0.225. The van der Waals surface area contributed by atoms with Crippen LogP contribution in [0, 0.1) is 10.8 Å². The van der Waals surface area contributed by atoms with Crippen molar-refractivity contribution in [3.63, 3.8) is 0 Å². The van der Waals surface area contributed by atoms with Crippen LogP contribution in [-0.2, 0) is 11.4 Å². The van der Waals surface area contributed by atoms with Gasteiger partial charge in [0.15, 0.2) is 0 Å². The van der Waals surface area contributed by atoms with Crippen molar-refractivity contribution in [1.82, 2.24) is 0 Å². The molecule has 0 radical (unpaired) electrons. The predicted octanol–water partition coefficient (Wildman–Crippen LogP) is 4.10. The molecule has 3 nitrogen and oxygen atoms in total. The van der Waals surface area contributed by atoms with E-state index in [1.165, 1.54) is 0 Å². The summed E-state index contributed by atoms with van der Waals surface area (Å²) in [5, 5.41) is 9.03. The number of hydrogen-bond acceptors (Lipinski definition) is 3. The summed E-state index contributed by atoms with van der Waals surface area (Å²) in [6.07, 6.45) is 1.97. The van der Waals surface area contributed by atoms with E-state index >= 15 is 0 Å². The molecule has 0 heterocycles. The van der Waals surface area contributed by atoms with E-state index in [2.05, 4.69) is 0 Å². The summed E-state index contributed by atoms with van der Waals surface area (Å²) in [4.78, 5) is 12.7. The second kappa shape index (κ2) is 6.44. The molecule has 1 unspecified atom stereocenters. The zero-order valence-corrected chi connectivity index (χ0v) is 13.9. The third kappa shape index (κ3) is 4.18. The number of ether oxygens (including phenoxy) is 1. The van der Waals surface area contributed by atoms with Crippen molar-refractivity contribution >= 4 is 5.97 Å². The number of aliphatic hydroxyl groups is 1. The molecule has 1 aromatic rings. The molecule has 1 N–H and O–H groups in total. The highest BCUT2D eigenvalue weighted by Crippen LogP contribution is 2.41. The minimum absolute atomic E-state index is 0.0221. The molecule has 0 aliphatic carbocycles. The molecule has 116 valence electrons. The molecule has 0 saturated carbocycles. The summed E-state index contributed by atoms with van der Waals surface area (Å²) in [6.45, 7) is 11.9. The maximum atomic E-state index is 12.7. The Bertz CT molecular complexity index is 516. The van der Waals surface area contributed by atoms with Gasteiger partial charge in [0.2, 0.25) is 0 Å². The first-order valence-corrected chi connectivity index (χ1v) is 7.18. The average Bonchev–Trinajstić information content (AvgIpc) is 2.37. The van der Waals surface area contributed by atoms with Gasteiger partial charge in [-0.2, -0.15) is 0 Å². The minimum atomic E-state index is -0.707. The molecular weight excluding hydrogens is 264 g/mol. The SMILES string of the molecule is CC(C)=CC(C)(C(=O)Oc1ccc(CO)cc1)C(C)(C)C. The van der Waals surface area contributed by atoms with Gasteiger partial charge in [-0.3, -0.25) is 4.79 Å². The molecule has 0 aliphatic heterocycles. The Morgan fingerprint density at radius 3 is 2.05 bits per heavy atom. The van der Waals surface area contributed by atoms with E-state index in [1.807, 2.05) is 47.6 Å². The van der Waals surface area contributed by atoms with Crippen LogP contribution < -0.4 is 4.74 Å². The third-order valence-electron chi connectivity index (χ3n) is 3.88. The van der Waals surface area contributed by atoms with Crippen molar-refractivity contribution in [1.29, 1.82) is 0 Å². The Hall–Kier alpha value is -1.61. The highest BCUT2D eigenvalue weighted by atomic mass is 16.5. The van der Waals surface area contributed by atoms with Crippen LogP contribution in [0.1, 0.15) is 47.1 Å². The molecule has 1 atom stereocenters. The number of rotatable bonds is 4. The van der Waals surface area contributed by atoms with E-state index in [4.69, 9.17) is 9.84 Å². The van der Waals surface area contributed by atoms with Crippen molar-refractivity contribution in [2.24, 2.45) is 10.8 Å². The lowest BCUT2D eigenvalue weighted by atomic mass is 9.67. The molecule has 3 heteroatoms. The molecule has 1 rings (SSSR count). The molecular formula is C18H26O3. The second-order valence-electron chi connectivity index (χ2n) is 6.87. The lowest BCUT2D eigenvalue weighted by molar-refractivity contribution is -0.147. The summed E-state index contributed by atoms with van der Waals surface area (Å²) in [5.41, 5.74) is 0.908. The molecule has 21 heavy (non-hydrogen) atoms. The Labute approximate surface area is 127 Å². The fraction of sp³-hybridized carbons (Fsp3) is 0.500. The van der Waals surface area contributed by atoms with Crippen LogP contribution in [0.25, 0.3) is 0 Å². The Morgan fingerprint density at radius 2 is 1.67 bits per heavy atom. The van der Waals surface area contributed by atoms with Gasteiger partial charge in [0.1, 0.15) is 5.75 Å². The van der Waals surface area contributed by atoms with Crippen LogP contribution >= 0.6 is 0 Å². The van der Waals surface area contributed by atoms with E-state index in [1.54, 1.807) is 24.3 Å². The highest BCUT2D eigenvalue weighted by Gasteiger charge is 2.44. The summed E-state index contributed by atoms with van der Waals surface area (Å²) < 4.78 is 5.54. The predicted molar refractivity (Wildman–Crippen MR) is 85.0 cm³/mol. The van der Waals surface area contributed by atoms with Crippen LogP contribution in [-0.4, -0.2) is 11.1 Å². The zero-order valence-electron chi connectivity index (χ0n) is 13.9. The molecule has 0 aliphatic rings. The molecule has 0 fully saturated rings. The first kappa shape index (κ1) is 17.4. The van der Waals surface area contributed by atoms with E-state index in [9.17, 15) is 4.79 Å². The van der Waals surface area contributed by atoms with Gasteiger partial charge in [-0.1, -0.05) is 44.6 Å². The van der Waals surface area contributed by atoms with E-state index < -0.39 is 5.41 Å². The molecule has 0 spiro atoms. The average molecular weight is 290 g/mol. The van der Waals surface area contributed by atoms with Crippen LogP contribution in [0.2, 0.25) is 0 Å². The third-order valence-corrected chi connectivity index (χ3v) is 3.88. The Balaban J connectivity index is 3.04. The van der Waals surface area contributed by atoms with Gasteiger partial charge in [-0.05, 0) is 43.9 Å². The standard InChI is InChI=1S/C18H26O3/c1-13(2)11-18(6,17(3,4)5)16(20)21-15-9-7-14(12-19)8-10-15/h7-11,19H,12H2,1-6H3. The van der Waals surface area contributed by atoms with Crippen molar-refractivity contribution in [2.45, 2.75) is 48.1 Å². The Morgan fingerprint density at radius 1 is 1.14 bits per heavy atom. The van der Waals surface area contributed by atoms with Crippen LogP contribution in [0.15, 0.2) is 35.9 Å². The number of aliphatic hydroxyl groups excluding tert-OH is 1. The molecule has 0 bridgehead atoms. The lowest BCUT2D eigenvalue weighted by Gasteiger charge is -2.37. The maximum absolute atomic E-state index is 12.7. The molecule has 0 saturated heterocycles. The largest absolute Gasteiger partial charge is 0.426 e. The van der Waals surface area contributed by atoms with Gasteiger partial charge in [-0.25, -0.2) is 0 Å². The summed E-state index contributed by atoms with van der Waals surface area (Å²) in [6, 6.07) is 6.90. The number of esters is 1. The summed E-state index contributed by atoms with van der Waals surface area (Å²) >= 11 is 0. The summed E-state index contributed by atoms with van der Waals surface area (Å²) in [7, 11) is 0. The Kier molecular flexibility index (Phi) is 5.35. The molecule has 1 aromatic carbocycles. The van der Waals surface area contributed by atoms with E-state index in [0.29, 0.717) is 5.75 Å². The first-order chi connectivity index (χ1) is 9.60. The quantitative estimate of drug-likeness (QED) is 0.516. The van der Waals surface area contributed by atoms with Gasteiger partial charge >= 0.3 is 5.97 Å². The van der Waals surface area contributed by atoms with Gasteiger partial charge < -0.3 is 9.84 Å². The highest BCUT2D eigenvalue weighted by molar-refractivity contribution is 5.82. The van der Waals surface area contributed by atoms with Crippen molar-refractivity contribution < 1.29 is 14.6 Å². The minimum Gasteiger partial charge on any atom is -0.426 e. The van der Waals surface area contributed by atoms with E-state index in [0.717, 1.165) is 11.1 Å². The van der Waals surface area contributed by atoms with E-state index in [-0.39, 0.29) is 18.0 Å². The fourth-order valence-electron chi connectivity index (χ4n) is 2.03. The van der Waals surface area contributed by atoms with Crippen molar-refractivity contribution in [3.05, 3.63) is 41.5 Å². The van der Waals surface area contributed by atoms with Gasteiger partial charge in [0.25, 0.3) is 0 Å². The molecule has 0 aromatic heterocycles. The fourth-order valence-corrected chi connectivity index (χ4v) is 2.03. The van der Waals surface area contributed by atoms with Crippen molar-refractivity contribution in [2.75, 3.05) is 0 Å². The second-order valence-corrected chi connectivity index (χ2v) is 6.87. The van der Waals surface area contributed by atoms with Gasteiger partial charge in [-0.15, -0.1) is 0 Å². The van der Waals surface area contributed by atoms with Crippen molar-refractivity contribution in [3.8, 4) is 5.75 Å². The normalized spacial score (nSPS) is 14.2. The maximum Gasteiger partial charge on any atom is 0.321 e. The number of allylic oxidation sites excluding steroid dienone is 1. The topological polar surface area (TPSA) is 46.5 Å². The van der Waals surface area contributed by atoms with Crippen LogP contribution in [0.4, 0.5) is 0 Å². The molecule has 0 amide bonds. The lowest BCUT2D eigenvalue weighted by Crippen LogP contribution is -2.41. The van der Waals surface area contributed by atoms with Crippen LogP contribution in [0.5, 0.6) is 5.75 Å². The number of hydrogen-bond donors (Lipinski definition) is 1. The number of benzene rings is 1. The van der Waals surface area contributed by atoms with Gasteiger partial charge in [0.05, 0.1) is 12.0 Å². The smallest absolute Gasteiger partial charge is 0.321 e. The number of carbonyl (C=O) groups is 1. The zero-order chi connectivity index (χ0) is 16.3. The van der Waals surface area contributed by atoms with Crippen LogP contribution in [0.3, 0.4) is 0 Å². The van der Waals surface area contributed by atoms with Gasteiger partial charge in [0, 0.05) is 0 Å².